The second-order valence-corrected chi connectivity index (χ2v) is 4.31. The standard InChI is InChI=1S/C13H17NO4/c1-17-11-7-14(8-11)10-5-3-4-9(6-10)12(18-2)13(15)16/h3-6,11-12H,7-8H2,1-2H3,(H,15,16). The third-order valence-corrected chi connectivity index (χ3v) is 3.18. The lowest BCUT2D eigenvalue weighted by Gasteiger charge is -2.40. The van der Waals surface area contributed by atoms with E-state index in [2.05, 4.69) is 4.90 Å². The molecule has 1 aromatic rings. The minimum Gasteiger partial charge on any atom is -0.479 e. The number of benzene rings is 1. The zero-order valence-electron chi connectivity index (χ0n) is 10.5. The second-order valence-electron chi connectivity index (χ2n) is 4.31. The highest BCUT2D eigenvalue weighted by atomic mass is 16.5. The summed E-state index contributed by atoms with van der Waals surface area (Å²) in [6, 6.07) is 7.43. The molecule has 18 heavy (non-hydrogen) atoms. The SMILES string of the molecule is COC1CN(c2cccc(C(OC)C(=O)O)c2)C1. The average Bonchev–Trinajstić information content (AvgIpc) is 2.28. The summed E-state index contributed by atoms with van der Waals surface area (Å²) >= 11 is 0. The number of hydrogen-bond acceptors (Lipinski definition) is 4. The third-order valence-electron chi connectivity index (χ3n) is 3.18. The molecule has 1 aliphatic heterocycles. The Hall–Kier alpha value is -1.59. The second kappa shape index (κ2) is 5.37. The lowest BCUT2D eigenvalue weighted by molar-refractivity contribution is -0.148. The molecule has 98 valence electrons. The summed E-state index contributed by atoms with van der Waals surface area (Å²) in [6.07, 6.45) is -0.643. The highest BCUT2D eigenvalue weighted by Gasteiger charge is 2.27. The van der Waals surface area contributed by atoms with Crippen molar-refractivity contribution in [1.82, 2.24) is 0 Å². The maximum absolute atomic E-state index is 11.0. The van der Waals surface area contributed by atoms with Crippen LogP contribution in [-0.2, 0) is 14.3 Å². The summed E-state index contributed by atoms with van der Waals surface area (Å²) in [6.45, 7) is 1.68. The minimum absolute atomic E-state index is 0.270. The number of rotatable bonds is 5. The van der Waals surface area contributed by atoms with Gasteiger partial charge in [-0.25, -0.2) is 4.79 Å². The molecule has 2 rings (SSSR count). The van der Waals surface area contributed by atoms with Gasteiger partial charge in [-0.3, -0.25) is 0 Å². The highest BCUT2D eigenvalue weighted by molar-refractivity contribution is 5.75. The van der Waals surface area contributed by atoms with Gasteiger partial charge in [0.15, 0.2) is 6.10 Å². The van der Waals surface area contributed by atoms with Gasteiger partial charge in [-0.15, -0.1) is 0 Å². The molecule has 0 radical (unpaired) electrons. The molecule has 1 aliphatic rings. The van der Waals surface area contributed by atoms with Gasteiger partial charge in [-0.05, 0) is 17.7 Å². The van der Waals surface area contributed by atoms with Crippen molar-refractivity contribution in [3.05, 3.63) is 29.8 Å². The van der Waals surface area contributed by atoms with Gasteiger partial charge < -0.3 is 19.5 Å². The van der Waals surface area contributed by atoms with E-state index in [-0.39, 0.29) is 6.10 Å². The monoisotopic (exact) mass is 251 g/mol. The molecule has 1 fully saturated rings. The van der Waals surface area contributed by atoms with E-state index in [4.69, 9.17) is 14.6 Å². The normalized spacial score (nSPS) is 17.3. The van der Waals surface area contributed by atoms with Crippen LogP contribution in [-0.4, -0.2) is 44.5 Å². The van der Waals surface area contributed by atoms with Gasteiger partial charge in [0.25, 0.3) is 0 Å². The molecule has 0 amide bonds. The van der Waals surface area contributed by atoms with Crippen LogP contribution >= 0.6 is 0 Å². The van der Waals surface area contributed by atoms with Crippen molar-refractivity contribution in [1.29, 1.82) is 0 Å². The Balaban J connectivity index is 2.13. The average molecular weight is 251 g/mol. The summed E-state index contributed by atoms with van der Waals surface area (Å²) in [7, 11) is 3.10. The summed E-state index contributed by atoms with van der Waals surface area (Å²) in [5.41, 5.74) is 1.66. The number of carbonyl (C=O) groups is 1. The zero-order chi connectivity index (χ0) is 13.1. The quantitative estimate of drug-likeness (QED) is 0.854. The smallest absolute Gasteiger partial charge is 0.337 e. The van der Waals surface area contributed by atoms with Gasteiger partial charge in [0.2, 0.25) is 0 Å². The zero-order valence-corrected chi connectivity index (χ0v) is 10.5. The Morgan fingerprint density at radius 1 is 1.44 bits per heavy atom. The summed E-state index contributed by atoms with van der Waals surface area (Å²) < 4.78 is 10.2. The van der Waals surface area contributed by atoms with Gasteiger partial charge in [0, 0.05) is 33.0 Å². The van der Waals surface area contributed by atoms with Crippen LogP contribution in [0, 0.1) is 0 Å². The molecule has 1 unspecified atom stereocenters. The van der Waals surface area contributed by atoms with E-state index < -0.39 is 12.1 Å². The Morgan fingerprint density at radius 3 is 2.72 bits per heavy atom. The lowest BCUT2D eigenvalue weighted by atomic mass is 10.1. The van der Waals surface area contributed by atoms with Crippen molar-refractivity contribution in [2.45, 2.75) is 12.2 Å². The third kappa shape index (κ3) is 2.47. The number of methoxy groups -OCH3 is 2. The molecule has 0 bridgehead atoms. The molecule has 0 saturated carbocycles. The van der Waals surface area contributed by atoms with Crippen LogP contribution in [0.5, 0.6) is 0 Å². The molecular weight excluding hydrogens is 234 g/mol. The van der Waals surface area contributed by atoms with E-state index >= 15 is 0 Å². The number of anilines is 1. The molecule has 0 aliphatic carbocycles. The van der Waals surface area contributed by atoms with Crippen molar-refractivity contribution >= 4 is 11.7 Å². The summed E-state index contributed by atoms with van der Waals surface area (Å²) in [5.74, 6) is -0.979. The number of carboxylic acids is 1. The molecule has 5 heteroatoms. The number of carboxylic acid groups (broad SMARTS) is 1. The van der Waals surface area contributed by atoms with Crippen molar-refractivity contribution in [3.63, 3.8) is 0 Å². The fraction of sp³-hybridized carbons (Fsp3) is 0.462. The van der Waals surface area contributed by atoms with Gasteiger partial charge in [-0.2, -0.15) is 0 Å². The van der Waals surface area contributed by atoms with Crippen molar-refractivity contribution in [2.24, 2.45) is 0 Å². The van der Waals surface area contributed by atoms with E-state index in [9.17, 15) is 4.79 Å². The minimum atomic E-state index is -0.979. The molecule has 1 N–H and O–H groups in total. The van der Waals surface area contributed by atoms with Crippen LogP contribution in [0.3, 0.4) is 0 Å². The van der Waals surface area contributed by atoms with Crippen molar-refractivity contribution < 1.29 is 19.4 Å². The molecule has 1 atom stereocenters. The molecular formula is C13H17NO4. The number of nitrogens with zero attached hydrogens (tertiary/aromatic N) is 1. The van der Waals surface area contributed by atoms with Gasteiger partial charge in [-0.1, -0.05) is 12.1 Å². The first kappa shape index (κ1) is 12.9. The first-order valence-electron chi connectivity index (χ1n) is 5.79. The van der Waals surface area contributed by atoms with E-state index in [1.807, 2.05) is 18.2 Å². The Kier molecular flexibility index (Phi) is 3.84. The Morgan fingerprint density at radius 2 is 2.17 bits per heavy atom. The fourth-order valence-corrected chi connectivity index (χ4v) is 2.06. The first-order valence-corrected chi connectivity index (χ1v) is 5.79. The van der Waals surface area contributed by atoms with Crippen LogP contribution in [0.2, 0.25) is 0 Å². The molecule has 1 saturated heterocycles. The fourth-order valence-electron chi connectivity index (χ4n) is 2.06. The Labute approximate surface area is 106 Å². The maximum Gasteiger partial charge on any atom is 0.337 e. The predicted molar refractivity (Wildman–Crippen MR) is 66.8 cm³/mol. The molecule has 1 aromatic carbocycles. The largest absolute Gasteiger partial charge is 0.479 e. The van der Waals surface area contributed by atoms with E-state index in [0.29, 0.717) is 5.56 Å². The summed E-state index contributed by atoms with van der Waals surface area (Å²) in [4.78, 5) is 13.2. The van der Waals surface area contributed by atoms with Crippen LogP contribution in [0.15, 0.2) is 24.3 Å². The maximum atomic E-state index is 11.0. The van der Waals surface area contributed by atoms with Crippen LogP contribution in [0.25, 0.3) is 0 Å². The first-order chi connectivity index (χ1) is 8.65. The number of ether oxygens (including phenoxy) is 2. The molecule has 0 aromatic heterocycles. The molecule has 5 nitrogen and oxygen atoms in total. The van der Waals surface area contributed by atoms with Crippen LogP contribution in [0.1, 0.15) is 11.7 Å². The molecule has 0 spiro atoms. The van der Waals surface area contributed by atoms with E-state index in [1.54, 1.807) is 13.2 Å². The van der Waals surface area contributed by atoms with Crippen LogP contribution < -0.4 is 4.90 Å². The predicted octanol–water partition coefficient (Wildman–Crippen LogP) is 1.29. The van der Waals surface area contributed by atoms with Gasteiger partial charge in [0.1, 0.15) is 0 Å². The van der Waals surface area contributed by atoms with Crippen molar-refractivity contribution in [3.8, 4) is 0 Å². The number of hydrogen-bond donors (Lipinski definition) is 1. The van der Waals surface area contributed by atoms with Crippen LogP contribution in [0.4, 0.5) is 5.69 Å². The highest BCUT2D eigenvalue weighted by Crippen LogP contribution is 2.26. The topological polar surface area (TPSA) is 59.0 Å². The van der Waals surface area contributed by atoms with Gasteiger partial charge >= 0.3 is 5.97 Å². The van der Waals surface area contributed by atoms with Gasteiger partial charge in [0.05, 0.1) is 6.10 Å². The van der Waals surface area contributed by atoms with Crippen molar-refractivity contribution in [2.75, 3.05) is 32.2 Å². The molecule has 1 heterocycles. The number of aliphatic carboxylic acids is 1. The van der Waals surface area contributed by atoms with E-state index in [1.165, 1.54) is 7.11 Å². The lowest BCUT2D eigenvalue weighted by Crippen LogP contribution is -2.51. The van der Waals surface area contributed by atoms with E-state index in [0.717, 1.165) is 18.8 Å². The Bertz CT molecular complexity index is 429. The summed E-state index contributed by atoms with van der Waals surface area (Å²) in [5, 5.41) is 9.05.